The summed E-state index contributed by atoms with van der Waals surface area (Å²) in [4.78, 5) is 58.6. The molecule has 11 nitrogen and oxygen atoms in total. The van der Waals surface area contributed by atoms with Crippen LogP contribution in [0.25, 0.3) is 43.6 Å². The first kappa shape index (κ1) is 65.9. The number of carbonyl (C=O) groups excluding carboxylic acids is 4. The second-order valence-electron chi connectivity index (χ2n) is 21.7. The average molecular weight is 1430 g/mol. The Morgan fingerprint density at radius 1 is 0.568 bits per heavy atom. The van der Waals surface area contributed by atoms with Gasteiger partial charge in [0.1, 0.15) is 18.1 Å². The van der Waals surface area contributed by atoms with Crippen molar-refractivity contribution in [3.63, 3.8) is 0 Å². The second-order valence-corrected chi connectivity index (χ2v) is 30.2. The van der Waals surface area contributed by atoms with Crippen LogP contribution in [-0.2, 0) is 32.4 Å². The third-order valence-corrected chi connectivity index (χ3v) is 17.0. The van der Waals surface area contributed by atoms with E-state index in [1.54, 1.807) is 6.92 Å². The van der Waals surface area contributed by atoms with Crippen LogP contribution >= 0.6 is 0 Å². The molecule has 8 aromatic carbocycles. The fourth-order valence-corrected chi connectivity index (χ4v) is 12.2. The number of ketones is 2. The van der Waals surface area contributed by atoms with Gasteiger partial charge < -0.3 is 23.5 Å². The first-order valence-corrected chi connectivity index (χ1v) is 36.2. The summed E-state index contributed by atoms with van der Waals surface area (Å²) >= 11 is -11.2. The molecule has 88 heavy (non-hydrogen) atoms. The van der Waals surface area contributed by atoms with Crippen molar-refractivity contribution in [1.29, 1.82) is 0 Å². The van der Waals surface area contributed by atoms with Crippen LogP contribution in [0, 0.1) is 40.8 Å². The number of hydrogen-bond donors (Lipinski definition) is 0. The Morgan fingerprint density at radius 2 is 1.01 bits per heavy atom. The van der Waals surface area contributed by atoms with Crippen LogP contribution in [0.15, 0.2) is 174 Å². The van der Waals surface area contributed by atoms with Gasteiger partial charge in [-0.3, -0.25) is 9.59 Å². The van der Waals surface area contributed by atoms with Crippen molar-refractivity contribution in [3.8, 4) is 5.75 Å². The van der Waals surface area contributed by atoms with E-state index in [1.807, 2.05) is 123 Å². The molecule has 0 N–H and O–H groups in total. The monoisotopic (exact) mass is 1420 g/mol. The van der Waals surface area contributed by atoms with Crippen molar-refractivity contribution < 1.29 is 71.7 Å². The van der Waals surface area contributed by atoms with Crippen LogP contribution in [0.5, 0.6) is 5.75 Å². The van der Waals surface area contributed by atoms with Gasteiger partial charge in [-0.1, -0.05) is 114 Å². The number of oxime groups is 2. The van der Waals surface area contributed by atoms with E-state index in [2.05, 4.69) is 109 Å². The molecule has 19 heteroatoms. The Hall–Kier alpha value is -8.09. The van der Waals surface area contributed by atoms with Gasteiger partial charge in [0.05, 0.1) is 16.6 Å². The Balaban J connectivity index is 0.000000172. The molecule has 0 amide bonds. The molecule has 0 radical (unpaired) electrons. The molecule has 0 fully saturated rings. The van der Waals surface area contributed by atoms with Gasteiger partial charge in [0.25, 0.3) is 0 Å². The number of rotatable bonds is 13. The summed E-state index contributed by atoms with van der Waals surface area (Å²) in [6.07, 6.45) is 1.03. The topological polar surface area (TPSA) is 131 Å². The Labute approximate surface area is 519 Å². The molecule has 11 rings (SSSR count). The Morgan fingerprint density at radius 3 is 1.48 bits per heavy atom. The minimum absolute atomic E-state index is 0.00122. The van der Waals surface area contributed by atoms with Crippen molar-refractivity contribution in [2.24, 2.45) is 16.2 Å². The summed E-state index contributed by atoms with van der Waals surface area (Å²) in [6, 6.07) is 55.0. The first-order chi connectivity index (χ1) is 41.4. The molecule has 3 heterocycles. The second kappa shape index (κ2) is 26.7. The van der Waals surface area contributed by atoms with Crippen molar-refractivity contribution in [1.82, 2.24) is 9.13 Å². The van der Waals surface area contributed by atoms with Gasteiger partial charge in [0, 0.05) is 87.5 Å². The van der Waals surface area contributed by atoms with Crippen molar-refractivity contribution in [2.75, 3.05) is 6.61 Å². The van der Waals surface area contributed by atoms with Gasteiger partial charge >= 0.3 is 69.5 Å². The Bertz CT molecular complexity index is 4310. The van der Waals surface area contributed by atoms with Crippen LogP contribution in [0.4, 0.5) is 16.9 Å². The number of carbonyl (C=O) groups is 4. The molecule has 458 valence electrons. The number of aryl methyl sites for hydroxylation is 6. The predicted molar refractivity (Wildman–Crippen MR) is 333 cm³/mol. The predicted octanol–water partition coefficient (Wildman–Crippen LogP) is 14.3. The van der Waals surface area contributed by atoms with Crippen LogP contribution in [0.1, 0.15) is 113 Å². The number of ether oxygens (including phenoxy) is 1. The summed E-state index contributed by atoms with van der Waals surface area (Å²) in [7, 11) is 0. The fourth-order valence-electron chi connectivity index (χ4n) is 10.00. The number of benzene rings is 8. The zero-order chi connectivity index (χ0) is 63.9. The molecule has 0 saturated carbocycles. The molecular formula is C69H66F6IN4O7Sb. The third-order valence-electron chi connectivity index (χ3n) is 14.3. The van der Waals surface area contributed by atoms with E-state index in [0.717, 1.165) is 85.4 Å². The fraction of sp³-hybridized carbons (Fsp3) is 0.217. The molecule has 1 aliphatic heterocycles. The van der Waals surface area contributed by atoms with Crippen LogP contribution in [0.2, 0.25) is 0 Å². The molecule has 0 saturated heterocycles. The van der Waals surface area contributed by atoms with Gasteiger partial charge in [0.2, 0.25) is 0 Å². The summed E-state index contributed by atoms with van der Waals surface area (Å²) in [5.74, 6) is 0.346. The number of hydrogen-bond acceptors (Lipinski definition) is 9. The number of halogens is 7. The van der Waals surface area contributed by atoms with Crippen molar-refractivity contribution in [2.45, 2.75) is 88.7 Å². The number of aromatic nitrogens is 2. The maximum atomic E-state index is 13.4. The van der Waals surface area contributed by atoms with Crippen LogP contribution in [-0.4, -0.2) is 70.1 Å². The summed E-state index contributed by atoms with van der Waals surface area (Å²) in [5.41, 5.74) is 14.4. The van der Waals surface area contributed by atoms with E-state index in [1.165, 1.54) is 32.1 Å². The van der Waals surface area contributed by atoms with E-state index in [4.69, 9.17) is 14.4 Å². The van der Waals surface area contributed by atoms with Gasteiger partial charge in [-0.05, 0) is 156 Å². The molecule has 0 aliphatic carbocycles. The van der Waals surface area contributed by atoms with Crippen LogP contribution < -0.4 is 25.9 Å². The minimum atomic E-state index is -11.2. The summed E-state index contributed by atoms with van der Waals surface area (Å²) < 4.78 is 73.1. The number of fused-ring (bicyclic) bond motifs is 8. The average Bonchev–Trinajstić information content (AvgIpc) is 1.62. The summed E-state index contributed by atoms with van der Waals surface area (Å²) in [6.45, 7) is 21.0. The normalized spacial score (nSPS) is 13.3. The zero-order valence-electron chi connectivity index (χ0n) is 50.2. The molecule has 10 aromatic rings. The van der Waals surface area contributed by atoms with Gasteiger partial charge in [0.15, 0.2) is 18.7 Å². The quantitative estimate of drug-likeness (QED) is 0.0214. The molecule has 0 bridgehead atoms. The van der Waals surface area contributed by atoms with Crippen molar-refractivity contribution >= 4 is 98.0 Å². The SMILES string of the molecule is CC(=O)O/N=C1/COc2c1ccc1c2c2cc(C(=O)c3ccccc3C)ccc2n1CCC(C)C.CCn1c2ccc(C(=O)c3ccccc3C)cc2c2cc(/C(C)=N/OC(C)=O)ccc21.Cc1ccc([I+]c2ccc(C)cc2)cc1.[F][Sb-]([F])([F])([F])([F])[F]. The van der Waals surface area contributed by atoms with E-state index in [0.29, 0.717) is 45.3 Å². The maximum absolute atomic E-state index is 13.4. The van der Waals surface area contributed by atoms with Gasteiger partial charge in [-0.2, -0.15) is 0 Å². The molecule has 0 unspecified atom stereocenters. The van der Waals surface area contributed by atoms with E-state index in [9.17, 15) is 36.1 Å². The molecule has 1 aliphatic rings. The van der Waals surface area contributed by atoms with E-state index < -0.39 is 31.4 Å². The third kappa shape index (κ3) is 17.2. The summed E-state index contributed by atoms with van der Waals surface area (Å²) in [5, 5.41) is 11.9. The van der Waals surface area contributed by atoms with Gasteiger partial charge in [-0.25, -0.2) is 9.59 Å². The molecule has 0 spiro atoms. The van der Waals surface area contributed by atoms with Gasteiger partial charge in [-0.15, -0.1) is 0 Å². The van der Waals surface area contributed by atoms with E-state index >= 15 is 0 Å². The molecule has 0 atom stereocenters. The zero-order valence-corrected chi connectivity index (χ0v) is 54.9. The molecular weight excluding hydrogens is 1360 g/mol. The first-order valence-electron chi connectivity index (χ1n) is 28.2. The molecule has 2 aromatic heterocycles. The number of nitrogens with zero attached hydrogens (tertiary/aromatic N) is 4. The van der Waals surface area contributed by atoms with E-state index in [-0.39, 0.29) is 39.4 Å². The standard InChI is InChI=1S/C29H28N2O4.C26H24N2O3.C14H14I.6FH.Sb/c1-17(2)13-14-31-25-11-9-20(28(33)21-8-6-5-7-18(21)3)15-23(25)27-26(31)12-10-22-24(16-34-29(22)27)30-35-19(4)32;1-5-28-24-12-10-19(17(3)27-31-18(4)29)14-22(24)23-15-20(11-13-25(23)28)26(30)21-9-7-6-8-16(21)2;1-11-3-7-13(8-4-11)15-14-9-5-12(2)6-10-14;;;;;;;/h5-12,15,17H,13-14,16H2,1-4H3;6-15H,5H2,1-4H3;3-10H,1-2H3;6*1H;/q;;+1;;;;;;;+5/p-6/b30-24-;27-17+;;;;;;;;. The van der Waals surface area contributed by atoms with Crippen molar-refractivity contribution in [3.05, 3.63) is 227 Å². The Kier molecular flexibility index (Phi) is 20.0. The van der Waals surface area contributed by atoms with Crippen LogP contribution in [0.3, 0.4) is 0 Å².